The number of carbonyl (C=O) groups is 2. The Balaban J connectivity index is 2.21. The van der Waals surface area contributed by atoms with Crippen molar-refractivity contribution >= 4 is 17.7 Å². The maximum absolute atomic E-state index is 13.4. The summed E-state index contributed by atoms with van der Waals surface area (Å²) in [6.45, 7) is 1.59. The molecule has 0 saturated carbocycles. The van der Waals surface area contributed by atoms with E-state index in [2.05, 4.69) is 10.3 Å². The number of hydrogen-bond acceptors (Lipinski definition) is 3. The van der Waals surface area contributed by atoms with E-state index in [9.17, 15) is 14.0 Å². The van der Waals surface area contributed by atoms with Crippen molar-refractivity contribution in [2.45, 2.75) is 6.92 Å². The van der Waals surface area contributed by atoms with E-state index in [1.807, 2.05) is 0 Å². The molecule has 0 bridgehead atoms. The smallest absolute Gasteiger partial charge is 0.354 e. The summed E-state index contributed by atoms with van der Waals surface area (Å²) in [4.78, 5) is 26.4. The summed E-state index contributed by atoms with van der Waals surface area (Å²) >= 11 is 0. The highest BCUT2D eigenvalue weighted by atomic mass is 19.1. The van der Waals surface area contributed by atoms with Crippen molar-refractivity contribution in [3.8, 4) is 0 Å². The first-order valence-electron chi connectivity index (χ1n) is 5.75. The first-order chi connectivity index (χ1) is 9.47. The standard InChI is InChI=1S/C14H11FN2O3/c1-8-5-6-9(7-10(8)15)13(18)17-12-4-2-3-11(16-12)14(19)20/h2-7H,1H3,(H,19,20)(H,16,17,18). The minimum atomic E-state index is -1.19. The molecular weight excluding hydrogens is 263 g/mol. The minimum Gasteiger partial charge on any atom is -0.477 e. The van der Waals surface area contributed by atoms with Crippen LogP contribution in [0.2, 0.25) is 0 Å². The third-order valence-corrected chi connectivity index (χ3v) is 2.64. The predicted octanol–water partition coefficient (Wildman–Crippen LogP) is 2.48. The van der Waals surface area contributed by atoms with Gasteiger partial charge in [-0.25, -0.2) is 14.2 Å². The van der Waals surface area contributed by atoms with Crippen LogP contribution < -0.4 is 5.32 Å². The first-order valence-corrected chi connectivity index (χ1v) is 5.75. The van der Waals surface area contributed by atoms with Gasteiger partial charge in [-0.15, -0.1) is 0 Å². The van der Waals surface area contributed by atoms with Gasteiger partial charge in [0.15, 0.2) is 5.69 Å². The number of benzene rings is 1. The summed E-state index contributed by atoms with van der Waals surface area (Å²) in [7, 11) is 0. The van der Waals surface area contributed by atoms with Gasteiger partial charge >= 0.3 is 5.97 Å². The van der Waals surface area contributed by atoms with Gasteiger partial charge < -0.3 is 10.4 Å². The summed E-state index contributed by atoms with van der Waals surface area (Å²) in [6, 6.07) is 8.31. The van der Waals surface area contributed by atoms with Crippen molar-refractivity contribution in [3.63, 3.8) is 0 Å². The molecule has 0 aliphatic heterocycles. The molecule has 20 heavy (non-hydrogen) atoms. The molecule has 1 aromatic heterocycles. The zero-order chi connectivity index (χ0) is 14.7. The highest BCUT2D eigenvalue weighted by Crippen LogP contribution is 2.12. The predicted molar refractivity (Wildman–Crippen MR) is 70.3 cm³/mol. The monoisotopic (exact) mass is 274 g/mol. The summed E-state index contributed by atoms with van der Waals surface area (Å²) in [5.41, 5.74) is 0.390. The fourth-order valence-electron chi connectivity index (χ4n) is 1.55. The molecule has 0 atom stereocenters. The van der Waals surface area contributed by atoms with Crippen LogP contribution in [0.5, 0.6) is 0 Å². The van der Waals surface area contributed by atoms with Crippen LogP contribution in [0.15, 0.2) is 36.4 Å². The third-order valence-electron chi connectivity index (χ3n) is 2.64. The van der Waals surface area contributed by atoms with Crippen molar-refractivity contribution in [1.82, 2.24) is 4.98 Å². The lowest BCUT2D eigenvalue weighted by atomic mass is 10.1. The Morgan fingerprint density at radius 1 is 1.25 bits per heavy atom. The summed E-state index contributed by atoms with van der Waals surface area (Å²) in [5.74, 6) is -2.14. The van der Waals surface area contributed by atoms with Crippen molar-refractivity contribution in [3.05, 3.63) is 59.0 Å². The summed E-state index contributed by atoms with van der Waals surface area (Å²) in [6.07, 6.45) is 0. The molecule has 6 heteroatoms. The van der Waals surface area contributed by atoms with Crippen molar-refractivity contribution in [1.29, 1.82) is 0 Å². The van der Waals surface area contributed by atoms with Gasteiger partial charge in [-0.05, 0) is 36.8 Å². The lowest BCUT2D eigenvalue weighted by Gasteiger charge is -2.06. The number of nitrogens with zero attached hydrogens (tertiary/aromatic N) is 1. The van der Waals surface area contributed by atoms with Crippen LogP contribution in [-0.2, 0) is 0 Å². The number of hydrogen-bond donors (Lipinski definition) is 2. The Kier molecular flexibility index (Phi) is 3.74. The first kappa shape index (κ1) is 13.7. The van der Waals surface area contributed by atoms with Crippen LogP contribution in [0, 0.1) is 12.7 Å². The number of rotatable bonds is 3. The molecule has 0 spiro atoms. The second-order valence-electron chi connectivity index (χ2n) is 4.13. The van der Waals surface area contributed by atoms with E-state index in [4.69, 9.17) is 5.11 Å². The normalized spacial score (nSPS) is 10.1. The molecule has 2 N–H and O–H groups in total. The highest BCUT2D eigenvalue weighted by molar-refractivity contribution is 6.04. The van der Waals surface area contributed by atoms with Crippen molar-refractivity contribution in [2.24, 2.45) is 0 Å². The second-order valence-corrected chi connectivity index (χ2v) is 4.13. The molecule has 0 aliphatic carbocycles. The number of carboxylic acids is 1. The van der Waals surface area contributed by atoms with E-state index in [1.165, 1.54) is 30.3 Å². The largest absolute Gasteiger partial charge is 0.477 e. The van der Waals surface area contributed by atoms with E-state index >= 15 is 0 Å². The van der Waals surface area contributed by atoms with Crippen LogP contribution in [0.3, 0.4) is 0 Å². The number of aromatic carboxylic acids is 1. The number of carbonyl (C=O) groups excluding carboxylic acids is 1. The fraction of sp³-hybridized carbons (Fsp3) is 0.0714. The number of amides is 1. The maximum Gasteiger partial charge on any atom is 0.354 e. The Labute approximate surface area is 114 Å². The topological polar surface area (TPSA) is 79.3 Å². The van der Waals surface area contributed by atoms with Gasteiger partial charge in [0.05, 0.1) is 0 Å². The zero-order valence-electron chi connectivity index (χ0n) is 10.6. The average molecular weight is 274 g/mol. The number of halogens is 1. The van der Waals surface area contributed by atoms with Crippen molar-refractivity contribution in [2.75, 3.05) is 5.32 Å². The van der Waals surface area contributed by atoms with E-state index in [1.54, 1.807) is 6.92 Å². The van der Waals surface area contributed by atoms with Crippen LogP contribution >= 0.6 is 0 Å². The van der Waals surface area contributed by atoms with Gasteiger partial charge in [-0.3, -0.25) is 4.79 Å². The minimum absolute atomic E-state index is 0.0934. The van der Waals surface area contributed by atoms with Crippen LogP contribution in [0.1, 0.15) is 26.4 Å². The Bertz CT molecular complexity index is 686. The molecular formula is C14H11FN2O3. The molecule has 0 radical (unpaired) electrons. The van der Waals surface area contributed by atoms with Crippen molar-refractivity contribution < 1.29 is 19.1 Å². The van der Waals surface area contributed by atoms with E-state index in [0.717, 1.165) is 6.07 Å². The molecule has 102 valence electrons. The maximum atomic E-state index is 13.4. The molecule has 1 heterocycles. The Morgan fingerprint density at radius 3 is 2.65 bits per heavy atom. The molecule has 0 saturated heterocycles. The average Bonchev–Trinajstić information content (AvgIpc) is 2.42. The summed E-state index contributed by atoms with van der Waals surface area (Å²) < 4.78 is 13.4. The lowest BCUT2D eigenvalue weighted by Crippen LogP contribution is -2.14. The van der Waals surface area contributed by atoms with Crippen LogP contribution in [-0.4, -0.2) is 22.0 Å². The fourth-order valence-corrected chi connectivity index (χ4v) is 1.55. The number of carboxylic acid groups (broad SMARTS) is 1. The molecule has 2 rings (SSSR count). The summed E-state index contributed by atoms with van der Waals surface area (Å²) in [5, 5.41) is 11.2. The number of anilines is 1. The molecule has 5 nitrogen and oxygen atoms in total. The molecule has 0 unspecified atom stereocenters. The molecule has 0 fully saturated rings. The number of aryl methyl sites for hydroxylation is 1. The zero-order valence-corrected chi connectivity index (χ0v) is 10.6. The SMILES string of the molecule is Cc1ccc(C(=O)Nc2cccc(C(=O)O)n2)cc1F. The van der Waals surface area contributed by atoms with Gasteiger partial charge in [-0.2, -0.15) is 0 Å². The van der Waals surface area contributed by atoms with Gasteiger partial charge in [-0.1, -0.05) is 12.1 Å². The Morgan fingerprint density at radius 2 is 2.00 bits per heavy atom. The number of nitrogens with one attached hydrogen (secondary N) is 1. The lowest BCUT2D eigenvalue weighted by molar-refractivity contribution is 0.0690. The molecule has 1 amide bonds. The van der Waals surface area contributed by atoms with Gasteiger partial charge in [0.25, 0.3) is 5.91 Å². The third kappa shape index (κ3) is 2.97. The molecule has 1 aromatic carbocycles. The van der Waals surface area contributed by atoms with Crippen LogP contribution in [0.4, 0.5) is 10.2 Å². The van der Waals surface area contributed by atoms with E-state index in [0.29, 0.717) is 5.56 Å². The van der Waals surface area contributed by atoms with Crippen LogP contribution in [0.25, 0.3) is 0 Å². The van der Waals surface area contributed by atoms with Gasteiger partial charge in [0.1, 0.15) is 11.6 Å². The quantitative estimate of drug-likeness (QED) is 0.901. The molecule has 0 aliphatic rings. The van der Waals surface area contributed by atoms with E-state index < -0.39 is 17.7 Å². The van der Waals surface area contributed by atoms with Gasteiger partial charge in [0.2, 0.25) is 0 Å². The van der Waals surface area contributed by atoms with Gasteiger partial charge in [0, 0.05) is 5.56 Å². The highest BCUT2D eigenvalue weighted by Gasteiger charge is 2.11. The Hall–Kier alpha value is -2.76. The number of pyridine rings is 1. The number of aromatic nitrogens is 1. The van der Waals surface area contributed by atoms with E-state index in [-0.39, 0.29) is 17.1 Å². The second kappa shape index (κ2) is 5.48. The molecule has 2 aromatic rings.